The molecule has 3 aromatic rings. The monoisotopic (exact) mass is 340 g/mol. The van der Waals surface area contributed by atoms with E-state index >= 15 is 0 Å². The molecular weight excluding hydrogens is 324 g/mol. The number of carbonyl (C=O) groups excluding carboxylic acids is 1. The topological polar surface area (TPSA) is 75.0 Å². The molecule has 0 saturated heterocycles. The van der Waals surface area contributed by atoms with E-state index in [1.807, 2.05) is 30.5 Å². The first-order valence-electron chi connectivity index (χ1n) is 7.44. The molecule has 0 spiro atoms. The Balaban J connectivity index is 1.72. The van der Waals surface area contributed by atoms with E-state index in [0.717, 1.165) is 22.0 Å². The number of fused-ring (bicyclic) bond motifs is 1. The van der Waals surface area contributed by atoms with Crippen molar-refractivity contribution in [3.63, 3.8) is 0 Å². The number of nitrogens with one attached hydrogen (secondary N) is 1. The number of nitrogens with two attached hydrogens (primary N) is 1. The molecule has 0 unspecified atom stereocenters. The first-order valence-corrected chi connectivity index (χ1v) is 7.81. The highest BCUT2D eigenvalue weighted by molar-refractivity contribution is 6.35. The van der Waals surface area contributed by atoms with E-state index in [-0.39, 0.29) is 5.91 Å². The van der Waals surface area contributed by atoms with Gasteiger partial charge >= 0.3 is 0 Å². The summed E-state index contributed by atoms with van der Waals surface area (Å²) < 4.78 is 0. The van der Waals surface area contributed by atoms with Crippen LogP contribution < -0.4 is 5.73 Å². The Morgan fingerprint density at radius 1 is 1.38 bits per heavy atom. The van der Waals surface area contributed by atoms with Gasteiger partial charge in [0.2, 0.25) is 5.91 Å². The SMILES string of the molecule is CN(Cc1c[nH]c2cccc(Cl)c12)C(=O)C=Cc1ccc(N)nc1. The molecule has 2 aromatic heterocycles. The largest absolute Gasteiger partial charge is 0.384 e. The number of aromatic nitrogens is 2. The van der Waals surface area contributed by atoms with Gasteiger partial charge in [0.25, 0.3) is 0 Å². The highest BCUT2D eigenvalue weighted by Gasteiger charge is 2.11. The van der Waals surface area contributed by atoms with Crippen molar-refractivity contribution in [1.29, 1.82) is 0 Å². The van der Waals surface area contributed by atoms with E-state index < -0.39 is 0 Å². The second-order valence-corrected chi connectivity index (χ2v) is 5.93. The van der Waals surface area contributed by atoms with Gasteiger partial charge in [0.1, 0.15) is 5.82 Å². The second-order valence-electron chi connectivity index (χ2n) is 5.52. The van der Waals surface area contributed by atoms with Crippen molar-refractivity contribution in [2.45, 2.75) is 6.54 Å². The lowest BCUT2D eigenvalue weighted by Gasteiger charge is -2.14. The van der Waals surface area contributed by atoms with Gasteiger partial charge in [-0.25, -0.2) is 4.98 Å². The van der Waals surface area contributed by atoms with Gasteiger partial charge in [-0.1, -0.05) is 17.7 Å². The maximum atomic E-state index is 12.3. The molecular formula is C18H17ClN4O. The number of hydrogen-bond acceptors (Lipinski definition) is 3. The lowest BCUT2D eigenvalue weighted by molar-refractivity contribution is -0.125. The predicted molar refractivity (Wildman–Crippen MR) is 97.5 cm³/mol. The minimum Gasteiger partial charge on any atom is -0.384 e. The van der Waals surface area contributed by atoms with Crippen LogP contribution in [-0.4, -0.2) is 27.8 Å². The number of pyridine rings is 1. The van der Waals surface area contributed by atoms with Gasteiger partial charge in [0.05, 0.1) is 5.02 Å². The molecule has 1 amide bonds. The van der Waals surface area contributed by atoms with E-state index in [9.17, 15) is 4.79 Å². The molecule has 0 aliphatic carbocycles. The van der Waals surface area contributed by atoms with Crippen LogP contribution in [-0.2, 0) is 11.3 Å². The first kappa shape index (κ1) is 16.1. The molecule has 0 fully saturated rings. The van der Waals surface area contributed by atoms with Gasteiger partial charge in [0.15, 0.2) is 0 Å². The van der Waals surface area contributed by atoms with Crippen LogP contribution in [0.15, 0.2) is 48.8 Å². The molecule has 2 heterocycles. The molecule has 0 aliphatic rings. The number of nitrogens with zero attached hydrogens (tertiary/aromatic N) is 2. The zero-order valence-electron chi connectivity index (χ0n) is 13.2. The number of anilines is 1. The highest BCUT2D eigenvalue weighted by Crippen LogP contribution is 2.27. The van der Waals surface area contributed by atoms with Gasteiger partial charge in [-0.2, -0.15) is 0 Å². The number of aromatic amines is 1. The number of carbonyl (C=O) groups is 1. The number of hydrogen-bond donors (Lipinski definition) is 2. The standard InChI is InChI=1S/C18H17ClN4O/c1-23(17(24)8-6-12-5-7-16(20)22-9-12)11-13-10-21-15-4-2-3-14(19)18(13)15/h2-10,21H,11H2,1H3,(H2,20,22). The Morgan fingerprint density at radius 2 is 2.21 bits per heavy atom. The van der Waals surface area contributed by atoms with Crippen LogP contribution in [0.5, 0.6) is 0 Å². The number of benzene rings is 1. The highest BCUT2D eigenvalue weighted by atomic mass is 35.5. The van der Waals surface area contributed by atoms with Gasteiger partial charge in [-0.3, -0.25) is 4.79 Å². The van der Waals surface area contributed by atoms with E-state index in [1.54, 1.807) is 30.3 Å². The quantitative estimate of drug-likeness (QED) is 0.714. The maximum Gasteiger partial charge on any atom is 0.246 e. The maximum absolute atomic E-state index is 12.3. The molecule has 3 N–H and O–H groups in total. The third-order valence-electron chi connectivity index (χ3n) is 3.75. The number of amides is 1. The number of rotatable bonds is 4. The Bertz CT molecular complexity index is 899. The molecule has 6 heteroatoms. The van der Waals surface area contributed by atoms with Crippen molar-refractivity contribution in [2.75, 3.05) is 12.8 Å². The zero-order chi connectivity index (χ0) is 17.1. The van der Waals surface area contributed by atoms with Crippen molar-refractivity contribution in [2.24, 2.45) is 0 Å². The fourth-order valence-electron chi connectivity index (χ4n) is 2.48. The molecule has 5 nitrogen and oxygen atoms in total. The zero-order valence-corrected chi connectivity index (χ0v) is 13.9. The van der Waals surface area contributed by atoms with Crippen molar-refractivity contribution in [3.8, 4) is 0 Å². The minimum absolute atomic E-state index is 0.103. The number of likely N-dealkylation sites (N-methyl/N-ethyl adjacent to an activating group) is 1. The Labute approximate surface area is 144 Å². The Kier molecular flexibility index (Phi) is 4.53. The molecule has 122 valence electrons. The van der Waals surface area contributed by atoms with Gasteiger partial charge < -0.3 is 15.6 Å². The summed E-state index contributed by atoms with van der Waals surface area (Å²) in [6, 6.07) is 9.20. The van der Waals surface area contributed by atoms with Crippen molar-refractivity contribution in [1.82, 2.24) is 14.9 Å². The second kappa shape index (κ2) is 6.76. The van der Waals surface area contributed by atoms with Crippen LogP contribution in [0.4, 0.5) is 5.82 Å². The molecule has 0 saturated carbocycles. The van der Waals surface area contributed by atoms with Crippen LogP contribution in [0, 0.1) is 0 Å². The van der Waals surface area contributed by atoms with Crippen molar-refractivity contribution >= 4 is 40.3 Å². The summed E-state index contributed by atoms with van der Waals surface area (Å²) >= 11 is 6.27. The lowest BCUT2D eigenvalue weighted by atomic mass is 10.1. The fourth-order valence-corrected chi connectivity index (χ4v) is 2.77. The van der Waals surface area contributed by atoms with Crippen LogP contribution in [0.3, 0.4) is 0 Å². The summed E-state index contributed by atoms with van der Waals surface area (Å²) in [6.45, 7) is 0.465. The Hall–Kier alpha value is -2.79. The Morgan fingerprint density at radius 3 is 2.96 bits per heavy atom. The summed E-state index contributed by atoms with van der Waals surface area (Å²) in [5.74, 6) is 0.347. The molecule has 1 aromatic carbocycles. The molecule has 0 aliphatic heterocycles. The number of H-pyrrole nitrogens is 1. The first-order chi connectivity index (χ1) is 11.5. The summed E-state index contributed by atoms with van der Waals surface area (Å²) in [5, 5.41) is 1.62. The average Bonchev–Trinajstić information content (AvgIpc) is 2.98. The minimum atomic E-state index is -0.103. The van der Waals surface area contributed by atoms with Crippen LogP contribution in [0.2, 0.25) is 5.02 Å². The third kappa shape index (κ3) is 3.41. The van der Waals surface area contributed by atoms with E-state index in [0.29, 0.717) is 17.4 Å². The summed E-state index contributed by atoms with van der Waals surface area (Å²) in [5.41, 5.74) is 8.30. The summed E-state index contributed by atoms with van der Waals surface area (Å²) in [6.07, 6.45) is 6.74. The third-order valence-corrected chi connectivity index (χ3v) is 4.06. The predicted octanol–water partition coefficient (Wildman–Crippen LogP) is 3.47. The molecule has 0 radical (unpaired) electrons. The number of nitrogen functional groups attached to an aromatic ring is 1. The van der Waals surface area contributed by atoms with E-state index in [1.165, 1.54) is 6.08 Å². The average molecular weight is 341 g/mol. The smallest absolute Gasteiger partial charge is 0.246 e. The summed E-state index contributed by atoms with van der Waals surface area (Å²) in [7, 11) is 1.75. The molecule has 0 atom stereocenters. The summed E-state index contributed by atoms with van der Waals surface area (Å²) in [4.78, 5) is 21.1. The van der Waals surface area contributed by atoms with E-state index in [4.69, 9.17) is 17.3 Å². The number of halogens is 1. The van der Waals surface area contributed by atoms with Gasteiger partial charge in [-0.05, 0) is 41.5 Å². The normalized spacial score (nSPS) is 11.2. The molecule has 3 rings (SSSR count). The molecule has 0 bridgehead atoms. The van der Waals surface area contributed by atoms with Crippen LogP contribution in [0.25, 0.3) is 17.0 Å². The molecule has 24 heavy (non-hydrogen) atoms. The van der Waals surface area contributed by atoms with Crippen LogP contribution >= 0.6 is 11.6 Å². The van der Waals surface area contributed by atoms with Gasteiger partial charge in [-0.15, -0.1) is 0 Å². The van der Waals surface area contributed by atoms with Crippen molar-refractivity contribution < 1.29 is 4.79 Å². The van der Waals surface area contributed by atoms with Crippen molar-refractivity contribution in [3.05, 3.63) is 65.0 Å². The van der Waals surface area contributed by atoms with Gasteiger partial charge in [0, 0.05) is 43.0 Å². The lowest BCUT2D eigenvalue weighted by Crippen LogP contribution is -2.23. The fraction of sp³-hybridized carbons (Fsp3) is 0.111. The van der Waals surface area contributed by atoms with Crippen LogP contribution in [0.1, 0.15) is 11.1 Å². The van der Waals surface area contributed by atoms with E-state index in [2.05, 4.69) is 9.97 Å².